The van der Waals surface area contributed by atoms with E-state index in [-0.39, 0.29) is 29.1 Å². The fraction of sp³-hybridized carbons (Fsp3) is 0.355. The molecule has 1 aliphatic rings. The Balaban J connectivity index is 1.73. The molecule has 3 aromatic rings. The third-order valence-corrected chi connectivity index (χ3v) is 10.5. The second-order valence-electron chi connectivity index (χ2n) is 10.5. The summed E-state index contributed by atoms with van der Waals surface area (Å²) in [6, 6.07) is 16.8. The summed E-state index contributed by atoms with van der Waals surface area (Å²) in [5, 5.41) is 4.10. The second-order valence-corrected chi connectivity index (χ2v) is 13.5. The van der Waals surface area contributed by atoms with Crippen LogP contribution in [0.25, 0.3) is 0 Å². The van der Waals surface area contributed by atoms with Crippen LogP contribution in [0.3, 0.4) is 0 Å². The van der Waals surface area contributed by atoms with Crippen molar-refractivity contribution in [3.8, 4) is 0 Å². The highest BCUT2D eigenvalue weighted by Crippen LogP contribution is 2.32. The van der Waals surface area contributed by atoms with Crippen LogP contribution in [0.2, 0.25) is 15.1 Å². The summed E-state index contributed by atoms with van der Waals surface area (Å²) in [4.78, 5) is 29.0. The third kappa shape index (κ3) is 7.40. The van der Waals surface area contributed by atoms with Gasteiger partial charge in [-0.1, -0.05) is 84.4 Å². The quantitative estimate of drug-likeness (QED) is 0.256. The van der Waals surface area contributed by atoms with E-state index in [0.717, 1.165) is 36.4 Å². The van der Waals surface area contributed by atoms with Gasteiger partial charge < -0.3 is 10.2 Å². The summed E-state index contributed by atoms with van der Waals surface area (Å²) in [6.45, 7) is 2.64. The molecule has 11 heteroatoms. The molecule has 0 unspecified atom stereocenters. The molecule has 0 radical (unpaired) electrons. The number of halogens is 3. The summed E-state index contributed by atoms with van der Waals surface area (Å²) in [5.41, 5.74) is 1.22. The van der Waals surface area contributed by atoms with Crippen molar-refractivity contribution in [2.45, 2.75) is 69.5 Å². The number of carbonyl (C=O) groups excluding carboxylic acids is 2. The number of carbonyl (C=O) groups is 2. The van der Waals surface area contributed by atoms with E-state index in [2.05, 4.69) is 5.32 Å². The van der Waals surface area contributed by atoms with Gasteiger partial charge in [-0.3, -0.25) is 13.9 Å². The first-order valence-corrected chi connectivity index (χ1v) is 16.4. The Morgan fingerprint density at radius 2 is 1.48 bits per heavy atom. The lowest BCUT2D eigenvalue weighted by molar-refractivity contribution is -0.139. The lowest BCUT2D eigenvalue weighted by atomic mass is 9.95. The Hall–Kier alpha value is -2.78. The molecule has 224 valence electrons. The van der Waals surface area contributed by atoms with Crippen LogP contribution in [0.15, 0.2) is 71.6 Å². The van der Waals surface area contributed by atoms with Crippen molar-refractivity contribution < 1.29 is 18.0 Å². The van der Waals surface area contributed by atoms with Gasteiger partial charge >= 0.3 is 0 Å². The molecule has 0 heterocycles. The molecule has 2 amide bonds. The van der Waals surface area contributed by atoms with Gasteiger partial charge in [-0.05, 0) is 68.7 Å². The molecule has 4 rings (SSSR count). The van der Waals surface area contributed by atoms with E-state index in [1.807, 2.05) is 0 Å². The van der Waals surface area contributed by atoms with Gasteiger partial charge in [-0.15, -0.1) is 0 Å². The van der Waals surface area contributed by atoms with E-state index in [4.69, 9.17) is 34.8 Å². The lowest BCUT2D eigenvalue weighted by Gasteiger charge is -2.34. The molecular weight excluding hydrogens is 617 g/mol. The summed E-state index contributed by atoms with van der Waals surface area (Å²) >= 11 is 19.3. The number of rotatable bonds is 10. The van der Waals surface area contributed by atoms with E-state index >= 15 is 0 Å². The first-order chi connectivity index (χ1) is 20.0. The van der Waals surface area contributed by atoms with Crippen molar-refractivity contribution in [2.24, 2.45) is 0 Å². The van der Waals surface area contributed by atoms with Crippen molar-refractivity contribution in [2.75, 3.05) is 10.8 Å². The molecule has 0 spiro atoms. The molecular formula is C31H34Cl3N3O4S. The number of anilines is 1. The minimum absolute atomic E-state index is 0.0148. The van der Waals surface area contributed by atoms with Crippen LogP contribution >= 0.6 is 34.8 Å². The Kier molecular flexibility index (Phi) is 10.8. The van der Waals surface area contributed by atoms with Crippen LogP contribution in [0, 0.1) is 6.92 Å². The van der Waals surface area contributed by atoms with Crippen LogP contribution in [0.1, 0.15) is 50.2 Å². The van der Waals surface area contributed by atoms with Gasteiger partial charge in [0.1, 0.15) is 12.6 Å². The van der Waals surface area contributed by atoms with Gasteiger partial charge in [0.05, 0.1) is 10.6 Å². The summed E-state index contributed by atoms with van der Waals surface area (Å²) in [7, 11) is -4.21. The Morgan fingerprint density at radius 1 is 0.881 bits per heavy atom. The highest BCUT2D eigenvalue weighted by atomic mass is 35.5. The molecule has 1 N–H and O–H groups in total. The van der Waals surface area contributed by atoms with Crippen LogP contribution in [-0.2, 0) is 26.2 Å². The average Bonchev–Trinajstić information content (AvgIpc) is 2.98. The van der Waals surface area contributed by atoms with Gasteiger partial charge in [-0.25, -0.2) is 8.42 Å². The largest absolute Gasteiger partial charge is 0.352 e. The minimum atomic E-state index is -4.21. The average molecular weight is 651 g/mol. The van der Waals surface area contributed by atoms with Crippen LogP contribution < -0.4 is 9.62 Å². The molecule has 0 aromatic heterocycles. The van der Waals surface area contributed by atoms with Crippen molar-refractivity contribution in [3.05, 3.63) is 92.9 Å². The number of sulfonamides is 1. The highest BCUT2D eigenvalue weighted by molar-refractivity contribution is 7.92. The van der Waals surface area contributed by atoms with E-state index in [1.165, 1.54) is 17.0 Å². The van der Waals surface area contributed by atoms with E-state index in [9.17, 15) is 18.0 Å². The van der Waals surface area contributed by atoms with Gasteiger partial charge in [0.2, 0.25) is 11.8 Å². The number of amides is 2. The standard InChI is InChI=1S/C31H34Cl3N3O4S/c1-21-26(32)15-10-18-29(21)37(42(40,41)24-13-7-4-8-14-24)20-30(38)36(19-25-27(33)16-9-17-28(25)34)22(2)31(39)35-23-11-5-3-6-12-23/h4,7-10,13-18,22-23H,3,5-6,11-12,19-20H2,1-2H3,(H,35,39)/t22-/m1/s1. The fourth-order valence-electron chi connectivity index (χ4n) is 5.10. The molecule has 3 aromatic carbocycles. The Bertz CT molecular complexity index is 1510. The van der Waals surface area contributed by atoms with Crippen LogP contribution in [0.5, 0.6) is 0 Å². The molecule has 0 aliphatic heterocycles. The smallest absolute Gasteiger partial charge is 0.264 e. The molecule has 1 fully saturated rings. The number of benzene rings is 3. The maximum absolute atomic E-state index is 14.2. The number of nitrogens with one attached hydrogen (secondary N) is 1. The predicted octanol–water partition coefficient (Wildman–Crippen LogP) is 7.02. The molecule has 0 saturated heterocycles. The molecule has 1 saturated carbocycles. The van der Waals surface area contributed by atoms with Crippen LogP contribution in [0.4, 0.5) is 5.69 Å². The summed E-state index contributed by atoms with van der Waals surface area (Å²) < 4.78 is 29.0. The maximum atomic E-state index is 14.2. The van der Waals surface area contributed by atoms with Crippen molar-refractivity contribution in [1.29, 1.82) is 0 Å². The zero-order chi connectivity index (χ0) is 30.4. The first-order valence-electron chi connectivity index (χ1n) is 13.9. The molecule has 0 bridgehead atoms. The molecule has 1 aliphatic carbocycles. The topological polar surface area (TPSA) is 86.8 Å². The Morgan fingerprint density at radius 3 is 2.12 bits per heavy atom. The van der Waals surface area contributed by atoms with Crippen molar-refractivity contribution >= 4 is 62.3 Å². The number of hydrogen-bond acceptors (Lipinski definition) is 4. The predicted molar refractivity (Wildman–Crippen MR) is 169 cm³/mol. The molecule has 1 atom stereocenters. The Labute approximate surface area is 262 Å². The summed E-state index contributed by atoms with van der Waals surface area (Å²) in [5.74, 6) is -0.925. The van der Waals surface area contributed by atoms with E-state index in [0.29, 0.717) is 26.2 Å². The molecule has 7 nitrogen and oxygen atoms in total. The van der Waals surface area contributed by atoms with Crippen molar-refractivity contribution in [3.63, 3.8) is 0 Å². The van der Waals surface area contributed by atoms with Gasteiger partial charge in [-0.2, -0.15) is 0 Å². The number of hydrogen-bond donors (Lipinski definition) is 1. The van der Waals surface area contributed by atoms with Gasteiger partial charge in [0.25, 0.3) is 10.0 Å². The SMILES string of the molecule is Cc1c(Cl)cccc1N(CC(=O)N(Cc1c(Cl)cccc1Cl)[C@H](C)C(=O)NC1CCCCC1)S(=O)(=O)c1ccccc1. The minimum Gasteiger partial charge on any atom is -0.352 e. The normalized spacial score (nSPS) is 14.7. The van der Waals surface area contributed by atoms with Gasteiger partial charge in [0.15, 0.2) is 0 Å². The lowest BCUT2D eigenvalue weighted by Crippen LogP contribution is -2.53. The zero-order valence-corrected chi connectivity index (χ0v) is 26.6. The number of nitrogens with zero attached hydrogens (tertiary/aromatic N) is 2. The molecule has 42 heavy (non-hydrogen) atoms. The maximum Gasteiger partial charge on any atom is 0.264 e. The van der Waals surface area contributed by atoms with Crippen molar-refractivity contribution in [1.82, 2.24) is 10.2 Å². The third-order valence-electron chi connectivity index (χ3n) is 7.63. The first kappa shape index (κ1) is 32.1. The van der Waals surface area contributed by atoms with Gasteiger partial charge in [0, 0.05) is 33.2 Å². The van der Waals surface area contributed by atoms with E-state index in [1.54, 1.807) is 68.4 Å². The summed E-state index contributed by atoms with van der Waals surface area (Å²) in [6.07, 6.45) is 4.94. The monoisotopic (exact) mass is 649 g/mol. The highest BCUT2D eigenvalue weighted by Gasteiger charge is 2.34. The second kappa shape index (κ2) is 14.1. The van der Waals surface area contributed by atoms with Crippen LogP contribution in [-0.4, -0.2) is 43.8 Å². The zero-order valence-electron chi connectivity index (χ0n) is 23.5. The fourth-order valence-corrected chi connectivity index (χ4v) is 7.28. The van der Waals surface area contributed by atoms with E-state index < -0.39 is 28.5 Å².